The van der Waals surface area contributed by atoms with Crippen LogP contribution in [0.1, 0.15) is 60.8 Å². The molecule has 2 aliphatic rings. The molecule has 230 valence electrons. The van der Waals surface area contributed by atoms with Crippen molar-refractivity contribution in [3.05, 3.63) is 58.4 Å². The van der Waals surface area contributed by atoms with Gasteiger partial charge < -0.3 is 24.6 Å². The number of ether oxygens (including phenoxy) is 3. The second kappa shape index (κ2) is 15.7. The van der Waals surface area contributed by atoms with Crippen molar-refractivity contribution in [3.8, 4) is 0 Å². The minimum Gasteiger partial charge on any atom is -0.455 e. The molecule has 1 heterocycles. The number of fused-ring (bicyclic) bond motifs is 2. The van der Waals surface area contributed by atoms with Crippen LogP contribution in [0.25, 0.3) is 0 Å². The Hall–Kier alpha value is -3.47. The minimum atomic E-state index is -0.960. The van der Waals surface area contributed by atoms with Gasteiger partial charge in [0.1, 0.15) is 11.9 Å². The lowest BCUT2D eigenvalue weighted by atomic mass is 9.82. The number of esters is 1. The summed E-state index contributed by atoms with van der Waals surface area (Å²) in [6.07, 6.45) is 4.71. The first kappa shape index (κ1) is 34.7. The van der Waals surface area contributed by atoms with Crippen molar-refractivity contribution >= 4 is 29.2 Å². The lowest BCUT2D eigenvalue weighted by molar-refractivity contribution is -0.149. The highest BCUT2D eigenvalue weighted by molar-refractivity contribution is 6.24. The zero-order valence-electron chi connectivity index (χ0n) is 25.7. The van der Waals surface area contributed by atoms with E-state index in [0.29, 0.717) is 12.0 Å². The number of methoxy groups -OCH3 is 2. The van der Waals surface area contributed by atoms with Gasteiger partial charge in [-0.2, -0.15) is 0 Å². The van der Waals surface area contributed by atoms with Gasteiger partial charge in [0.2, 0.25) is 5.78 Å². The van der Waals surface area contributed by atoms with Gasteiger partial charge in [0.05, 0.1) is 17.9 Å². The number of Topliss-reactive ketones (excluding diaryl/α,β-unsaturated/α-hetero) is 2. The van der Waals surface area contributed by atoms with Crippen LogP contribution < -0.4 is 5.32 Å². The van der Waals surface area contributed by atoms with Crippen molar-refractivity contribution in [2.75, 3.05) is 14.2 Å². The van der Waals surface area contributed by atoms with E-state index in [9.17, 15) is 29.1 Å². The Morgan fingerprint density at radius 3 is 2.31 bits per heavy atom. The molecule has 10 heteroatoms. The van der Waals surface area contributed by atoms with E-state index in [0.717, 1.165) is 6.08 Å². The number of hydrogen-bond donors (Lipinski definition) is 2. The maximum absolute atomic E-state index is 13.5. The average Bonchev–Trinajstić information content (AvgIpc) is 2.91. The fraction of sp³-hybridized carbons (Fsp3) is 0.531. The quantitative estimate of drug-likeness (QED) is 0.282. The Morgan fingerprint density at radius 2 is 1.74 bits per heavy atom. The van der Waals surface area contributed by atoms with Crippen molar-refractivity contribution in [1.82, 2.24) is 5.32 Å². The largest absolute Gasteiger partial charge is 0.455 e. The SMILES string of the molecule is CO[C@H]1/C=C\C=C(/C)C(=O)NC2=CC(=O)C(CC(C)=O)=C(C[C@@H](C)C[C@H](OC)[C@H](O)[C@@H](C)/C=C(\C)[C@@H]1OC(C)=O)C2=O. The average molecular weight is 586 g/mol. The first-order valence-electron chi connectivity index (χ1n) is 14.0. The Morgan fingerprint density at radius 1 is 1.07 bits per heavy atom. The summed E-state index contributed by atoms with van der Waals surface area (Å²) in [6.45, 7) is 9.63. The summed E-state index contributed by atoms with van der Waals surface area (Å²) in [4.78, 5) is 63.4. The molecular weight excluding hydrogens is 542 g/mol. The normalized spacial score (nSPS) is 31.7. The smallest absolute Gasteiger partial charge is 0.303 e. The summed E-state index contributed by atoms with van der Waals surface area (Å²) >= 11 is 0. The highest BCUT2D eigenvalue weighted by atomic mass is 16.6. The molecule has 0 aromatic rings. The summed E-state index contributed by atoms with van der Waals surface area (Å²) in [5.74, 6) is -3.08. The Kier molecular flexibility index (Phi) is 13.0. The van der Waals surface area contributed by atoms with Gasteiger partial charge in [-0.15, -0.1) is 0 Å². The number of rotatable bonds is 5. The van der Waals surface area contributed by atoms with E-state index in [1.807, 2.05) is 13.8 Å². The summed E-state index contributed by atoms with van der Waals surface area (Å²) in [5, 5.41) is 13.8. The molecule has 42 heavy (non-hydrogen) atoms. The number of aliphatic hydroxyl groups is 1. The number of nitrogens with one attached hydrogen (secondary N) is 1. The van der Waals surface area contributed by atoms with Crippen LogP contribution in [0.15, 0.2) is 58.4 Å². The molecule has 1 aliphatic heterocycles. The van der Waals surface area contributed by atoms with Crippen LogP contribution in [0.3, 0.4) is 0 Å². The van der Waals surface area contributed by atoms with Gasteiger partial charge in [0.25, 0.3) is 5.91 Å². The second-order valence-electron chi connectivity index (χ2n) is 11.1. The van der Waals surface area contributed by atoms with Gasteiger partial charge in [-0.25, -0.2) is 0 Å². The Bertz CT molecular complexity index is 1240. The molecule has 2 bridgehead atoms. The van der Waals surface area contributed by atoms with Crippen molar-refractivity contribution in [3.63, 3.8) is 0 Å². The molecule has 2 rings (SSSR count). The number of carbonyl (C=O) groups is 5. The van der Waals surface area contributed by atoms with Crippen molar-refractivity contribution in [1.29, 1.82) is 0 Å². The van der Waals surface area contributed by atoms with E-state index in [1.54, 1.807) is 32.1 Å². The van der Waals surface area contributed by atoms with Gasteiger partial charge in [-0.05, 0) is 45.1 Å². The van der Waals surface area contributed by atoms with Crippen LogP contribution in [0, 0.1) is 11.8 Å². The fourth-order valence-corrected chi connectivity index (χ4v) is 5.14. The molecule has 0 aromatic heterocycles. The molecule has 0 saturated carbocycles. The summed E-state index contributed by atoms with van der Waals surface area (Å²) in [7, 11) is 2.94. The highest BCUT2D eigenvalue weighted by Crippen LogP contribution is 2.30. The van der Waals surface area contributed by atoms with Crippen LogP contribution in [0.5, 0.6) is 0 Å². The zero-order valence-corrected chi connectivity index (χ0v) is 25.7. The van der Waals surface area contributed by atoms with Crippen LogP contribution in [-0.4, -0.2) is 73.0 Å². The third kappa shape index (κ3) is 9.27. The molecule has 0 saturated heterocycles. The van der Waals surface area contributed by atoms with Gasteiger partial charge in [0, 0.05) is 56.3 Å². The molecule has 0 aromatic carbocycles. The van der Waals surface area contributed by atoms with E-state index in [4.69, 9.17) is 14.2 Å². The van der Waals surface area contributed by atoms with Gasteiger partial charge in [-0.3, -0.25) is 24.0 Å². The molecule has 0 spiro atoms. The monoisotopic (exact) mass is 585 g/mol. The lowest BCUT2D eigenvalue weighted by Gasteiger charge is -2.30. The Labute approximate surface area is 247 Å². The maximum Gasteiger partial charge on any atom is 0.303 e. The van der Waals surface area contributed by atoms with Crippen LogP contribution in [0.4, 0.5) is 0 Å². The molecule has 2 N–H and O–H groups in total. The van der Waals surface area contributed by atoms with Gasteiger partial charge in [0.15, 0.2) is 11.9 Å². The number of amides is 1. The molecule has 0 fully saturated rings. The highest BCUT2D eigenvalue weighted by Gasteiger charge is 2.33. The molecule has 1 aliphatic carbocycles. The topological polar surface area (TPSA) is 145 Å². The van der Waals surface area contributed by atoms with Gasteiger partial charge >= 0.3 is 5.97 Å². The number of allylic oxidation sites excluding steroid dienone is 5. The third-order valence-electron chi connectivity index (χ3n) is 7.38. The molecule has 10 nitrogen and oxygen atoms in total. The molecular formula is C32H43NO9. The van der Waals surface area contributed by atoms with Gasteiger partial charge in [-0.1, -0.05) is 38.2 Å². The molecule has 6 atom stereocenters. The van der Waals surface area contributed by atoms with E-state index in [2.05, 4.69) is 5.32 Å². The zero-order chi connectivity index (χ0) is 31.7. The van der Waals surface area contributed by atoms with E-state index in [1.165, 1.54) is 34.1 Å². The summed E-state index contributed by atoms with van der Waals surface area (Å²) in [5.41, 5.74) is 0.999. The van der Waals surface area contributed by atoms with E-state index < -0.39 is 53.8 Å². The van der Waals surface area contributed by atoms with Crippen molar-refractivity contribution in [2.45, 2.75) is 85.2 Å². The number of carbonyl (C=O) groups excluding carboxylic acids is 5. The number of aliphatic hydroxyl groups excluding tert-OH is 1. The molecule has 1 amide bonds. The van der Waals surface area contributed by atoms with E-state index >= 15 is 0 Å². The first-order valence-corrected chi connectivity index (χ1v) is 14.0. The fourth-order valence-electron chi connectivity index (χ4n) is 5.14. The van der Waals surface area contributed by atoms with Crippen molar-refractivity contribution < 1.29 is 43.3 Å². The number of hydrogen-bond acceptors (Lipinski definition) is 9. The summed E-state index contributed by atoms with van der Waals surface area (Å²) in [6, 6.07) is 0. The lowest BCUT2D eigenvalue weighted by Crippen LogP contribution is -2.36. The number of ketones is 3. The van der Waals surface area contributed by atoms with Crippen molar-refractivity contribution in [2.24, 2.45) is 11.8 Å². The predicted octanol–water partition coefficient (Wildman–Crippen LogP) is 3.25. The minimum absolute atomic E-state index is 0.113. The van der Waals surface area contributed by atoms with Crippen LogP contribution in [-0.2, 0) is 38.2 Å². The standard InChI is InChI=1S/C32H43NO9/c1-17-12-24-23(15-21(5)34)26(36)16-25(30(24)38)33-32(39)18(2)10-9-11-27(40-7)31(42-22(6)35)20(4)14-19(3)29(37)28(13-17)41-8/h9-11,14,16-17,19,27-29,31,37H,12-13,15H2,1-8H3,(H,33,39)/b11-9-,18-10+,20-14+/t17-,19+,27+,28+,29-,31+/m1/s1. The molecule has 0 radical (unpaired) electrons. The second-order valence-corrected chi connectivity index (χ2v) is 11.1. The Balaban J connectivity index is 2.64. The maximum atomic E-state index is 13.5. The molecule has 0 unspecified atom stereocenters. The third-order valence-corrected chi connectivity index (χ3v) is 7.38. The first-order chi connectivity index (χ1) is 19.7. The van der Waals surface area contributed by atoms with Crippen LogP contribution >= 0.6 is 0 Å². The van der Waals surface area contributed by atoms with E-state index in [-0.39, 0.29) is 47.0 Å². The summed E-state index contributed by atoms with van der Waals surface area (Å²) < 4.78 is 16.8. The van der Waals surface area contributed by atoms with Crippen LogP contribution in [0.2, 0.25) is 0 Å². The predicted molar refractivity (Wildman–Crippen MR) is 156 cm³/mol.